The van der Waals surface area contributed by atoms with Crippen molar-refractivity contribution in [2.45, 2.75) is 6.04 Å². The van der Waals surface area contributed by atoms with Crippen molar-refractivity contribution in [2.75, 3.05) is 46.1 Å². The van der Waals surface area contributed by atoms with E-state index < -0.39 is 22.0 Å². The number of nitrogens with zero attached hydrogens (tertiary/aromatic N) is 2. The molecule has 1 heterocycles. The molecule has 0 aromatic heterocycles. The summed E-state index contributed by atoms with van der Waals surface area (Å²) in [5.74, 6) is -0.824. The second kappa shape index (κ2) is 8.47. The number of ether oxygens (including phenoxy) is 1. The van der Waals surface area contributed by atoms with E-state index in [4.69, 9.17) is 4.74 Å². The minimum absolute atomic E-state index is 0.0704. The Bertz CT molecular complexity index is 742. The zero-order chi connectivity index (χ0) is 19.3. The van der Waals surface area contributed by atoms with E-state index in [0.717, 1.165) is 6.26 Å². The molecule has 0 bridgehead atoms. The molecule has 1 aliphatic rings. The number of amides is 1. The summed E-state index contributed by atoms with van der Waals surface area (Å²) in [6, 6.07) is 5.56. The summed E-state index contributed by atoms with van der Waals surface area (Å²) < 4.78 is 29.4. The zero-order valence-corrected chi connectivity index (χ0v) is 15.5. The molecule has 0 radical (unpaired) electrons. The van der Waals surface area contributed by atoms with Crippen molar-refractivity contribution in [2.24, 2.45) is 0 Å². The Morgan fingerprint density at radius 3 is 2.23 bits per heavy atom. The molecule has 0 spiro atoms. The van der Waals surface area contributed by atoms with Gasteiger partial charge in [-0.1, -0.05) is 0 Å². The number of carbonyl (C=O) groups excluding carboxylic acids is 1. The zero-order valence-electron chi connectivity index (χ0n) is 14.7. The number of hydrogen-bond donors (Lipinski definition) is 2. The number of rotatable bonds is 7. The van der Waals surface area contributed by atoms with Crippen molar-refractivity contribution in [3.05, 3.63) is 29.8 Å². The van der Waals surface area contributed by atoms with Crippen LogP contribution in [0.5, 0.6) is 5.75 Å². The predicted octanol–water partition coefficient (Wildman–Crippen LogP) is -0.545. The number of aliphatic carboxylic acids is 1. The van der Waals surface area contributed by atoms with Gasteiger partial charge >= 0.3 is 5.97 Å². The molecule has 1 aliphatic heterocycles. The van der Waals surface area contributed by atoms with Crippen molar-refractivity contribution in [1.82, 2.24) is 14.5 Å². The minimum atomic E-state index is -3.28. The normalized spacial score (nSPS) is 17.5. The van der Waals surface area contributed by atoms with Crippen molar-refractivity contribution in [3.63, 3.8) is 0 Å². The molecule has 2 N–H and O–H groups in total. The van der Waals surface area contributed by atoms with Gasteiger partial charge in [0.25, 0.3) is 5.91 Å². The van der Waals surface area contributed by atoms with Gasteiger partial charge in [0.1, 0.15) is 11.8 Å². The van der Waals surface area contributed by atoms with Gasteiger partial charge in [0.2, 0.25) is 10.0 Å². The molecular weight excluding hydrogens is 362 g/mol. The van der Waals surface area contributed by atoms with Crippen LogP contribution in [0.15, 0.2) is 24.3 Å². The molecule has 10 heteroatoms. The third kappa shape index (κ3) is 5.16. The number of nitrogens with one attached hydrogen (secondary N) is 1. The lowest BCUT2D eigenvalue weighted by atomic mass is 10.2. The van der Waals surface area contributed by atoms with Gasteiger partial charge in [0, 0.05) is 38.3 Å². The Morgan fingerprint density at radius 1 is 1.19 bits per heavy atom. The second-order valence-electron chi connectivity index (χ2n) is 5.99. The molecule has 144 valence electrons. The van der Waals surface area contributed by atoms with E-state index in [9.17, 15) is 23.1 Å². The Hall–Kier alpha value is -2.17. The van der Waals surface area contributed by atoms with Gasteiger partial charge in [0.05, 0.1) is 13.4 Å². The Morgan fingerprint density at radius 2 is 1.77 bits per heavy atom. The average Bonchev–Trinajstić information content (AvgIpc) is 2.61. The summed E-state index contributed by atoms with van der Waals surface area (Å²) in [5, 5.41) is 12.1. The van der Waals surface area contributed by atoms with Crippen LogP contribution in [0.1, 0.15) is 10.4 Å². The Balaban J connectivity index is 1.94. The SMILES string of the molecule is COc1ccc(C(=O)NCC(C(=O)O)N2CCN(S(C)(=O)=O)CC2)cc1. The lowest BCUT2D eigenvalue weighted by molar-refractivity contribution is -0.143. The van der Waals surface area contributed by atoms with Crippen LogP contribution in [0.4, 0.5) is 0 Å². The molecule has 1 aromatic rings. The second-order valence-corrected chi connectivity index (χ2v) is 7.97. The van der Waals surface area contributed by atoms with Gasteiger partial charge in [-0.3, -0.25) is 14.5 Å². The number of methoxy groups -OCH3 is 1. The van der Waals surface area contributed by atoms with E-state index in [2.05, 4.69) is 5.32 Å². The van der Waals surface area contributed by atoms with E-state index in [1.54, 1.807) is 29.2 Å². The number of carboxylic acid groups (broad SMARTS) is 1. The van der Waals surface area contributed by atoms with Gasteiger partial charge in [-0.25, -0.2) is 8.42 Å². The number of sulfonamides is 1. The number of benzene rings is 1. The molecule has 0 saturated carbocycles. The summed E-state index contributed by atoms with van der Waals surface area (Å²) in [5.41, 5.74) is 0.400. The first-order chi connectivity index (χ1) is 12.2. The highest BCUT2D eigenvalue weighted by Crippen LogP contribution is 2.12. The molecule has 1 amide bonds. The summed E-state index contributed by atoms with van der Waals surface area (Å²) in [7, 11) is -1.76. The molecule has 1 unspecified atom stereocenters. The van der Waals surface area contributed by atoms with E-state index in [-0.39, 0.29) is 25.5 Å². The fraction of sp³-hybridized carbons (Fsp3) is 0.500. The van der Waals surface area contributed by atoms with Crippen LogP contribution in [0.25, 0.3) is 0 Å². The van der Waals surface area contributed by atoms with E-state index >= 15 is 0 Å². The summed E-state index contributed by atoms with van der Waals surface area (Å²) in [6.07, 6.45) is 1.13. The van der Waals surface area contributed by atoms with Crippen LogP contribution in [-0.4, -0.2) is 86.7 Å². The highest BCUT2D eigenvalue weighted by atomic mass is 32.2. The first-order valence-electron chi connectivity index (χ1n) is 8.06. The molecule has 1 saturated heterocycles. The summed E-state index contributed by atoms with van der Waals surface area (Å²) in [4.78, 5) is 25.4. The quantitative estimate of drug-likeness (QED) is 0.647. The maximum absolute atomic E-state index is 12.2. The molecular formula is C16H23N3O6S. The highest BCUT2D eigenvalue weighted by Gasteiger charge is 2.31. The van der Waals surface area contributed by atoms with Crippen LogP contribution in [0.2, 0.25) is 0 Å². The largest absolute Gasteiger partial charge is 0.497 e. The van der Waals surface area contributed by atoms with E-state index in [1.807, 2.05) is 0 Å². The average molecular weight is 385 g/mol. The molecule has 0 aliphatic carbocycles. The molecule has 1 atom stereocenters. The number of piperazine rings is 1. The first kappa shape index (κ1) is 20.1. The van der Waals surface area contributed by atoms with Crippen LogP contribution in [-0.2, 0) is 14.8 Å². The van der Waals surface area contributed by atoms with Gasteiger partial charge in [0.15, 0.2) is 0 Å². The minimum Gasteiger partial charge on any atom is -0.497 e. The molecule has 9 nitrogen and oxygen atoms in total. The Kier molecular flexibility index (Phi) is 6.57. The van der Waals surface area contributed by atoms with Crippen LogP contribution < -0.4 is 10.1 Å². The summed E-state index contributed by atoms with van der Waals surface area (Å²) >= 11 is 0. The first-order valence-corrected chi connectivity index (χ1v) is 9.91. The van der Waals surface area contributed by atoms with Gasteiger partial charge in [-0.05, 0) is 24.3 Å². The van der Waals surface area contributed by atoms with Gasteiger partial charge in [-0.15, -0.1) is 0 Å². The number of carboxylic acids is 1. The van der Waals surface area contributed by atoms with Gasteiger partial charge < -0.3 is 15.2 Å². The summed E-state index contributed by atoms with van der Waals surface area (Å²) in [6.45, 7) is 0.980. The molecule has 1 fully saturated rings. The standard InChI is InChI=1S/C16H23N3O6S/c1-25-13-5-3-12(4-6-13)15(20)17-11-14(16(21)22)18-7-9-19(10-8-18)26(2,23)24/h3-6,14H,7-11H2,1-2H3,(H,17,20)(H,21,22). The fourth-order valence-electron chi connectivity index (χ4n) is 2.75. The highest BCUT2D eigenvalue weighted by molar-refractivity contribution is 7.88. The fourth-order valence-corrected chi connectivity index (χ4v) is 3.58. The molecule has 26 heavy (non-hydrogen) atoms. The monoisotopic (exact) mass is 385 g/mol. The third-order valence-electron chi connectivity index (χ3n) is 4.28. The van der Waals surface area contributed by atoms with Crippen molar-refractivity contribution < 1.29 is 27.9 Å². The van der Waals surface area contributed by atoms with Gasteiger partial charge in [-0.2, -0.15) is 4.31 Å². The molecule has 1 aromatic carbocycles. The smallest absolute Gasteiger partial charge is 0.322 e. The topological polar surface area (TPSA) is 116 Å². The maximum atomic E-state index is 12.2. The van der Waals surface area contributed by atoms with Crippen molar-refractivity contribution >= 4 is 21.9 Å². The third-order valence-corrected chi connectivity index (χ3v) is 5.58. The van der Waals surface area contributed by atoms with Crippen LogP contribution in [0, 0.1) is 0 Å². The Labute approximate surface area is 152 Å². The van der Waals surface area contributed by atoms with Crippen molar-refractivity contribution in [3.8, 4) is 5.75 Å². The van der Waals surface area contributed by atoms with E-state index in [0.29, 0.717) is 24.4 Å². The van der Waals surface area contributed by atoms with Crippen LogP contribution in [0.3, 0.4) is 0 Å². The number of hydrogen-bond acceptors (Lipinski definition) is 6. The molecule has 2 rings (SSSR count). The predicted molar refractivity (Wildman–Crippen MR) is 94.7 cm³/mol. The lowest BCUT2D eigenvalue weighted by Crippen LogP contribution is -2.56. The van der Waals surface area contributed by atoms with Crippen molar-refractivity contribution in [1.29, 1.82) is 0 Å². The van der Waals surface area contributed by atoms with E-state index in [1.165, 1.54) is 11.4 Å². The van der Waals surface area contributed by atoms with Crippen LogP contribution >= 0.6 is 0 Å². The maximum Gasteiger partial charge on any atom is 0.322 e. The number of carbonyl (C=O) groups is 2. The lowest BCUT2D eigenvalue weighted by Gasteiger charge is -2.36.